The maximum Gasteiger partial charge on any atom is 0.142 e. The number of aliphatic imine (C=N–C) groups is 1. The fraction of sp³-hybridized carbons (Fsp3) is 0.190. The van der Waals surface area contributed by atoms with Crippen LogP contribution in [0.25, 0.3) is 11.1 Å². The van der Waals surface area contributed by atoms with Crippen molar-refractivity contribution in [3.8, 4) is 17.2 Å². The first-order valence-electron chi connectivity index (χ1n) is 8.57. The third-order valence-electron chi connectivity index (χ3n) is 4.43. The van der Waals surface area contributed by atoms with E-state index in [0.29, 0.717) is 35.6 Å². The highest BCUT2D eigenvalue weighted by Crippen LogP contribution is 2.23. The number of aromatic nitrogens is 1. The van der Waals surface area contributed by atoms with Gasteiger partial charge in [-0.2, -0.15) is 5.26 Å². The van der Waals surface area contributed by atoms with E-state index < -0.39 is 0 Å². The third kappa shape index (κ3) is 4.22. The summed E-state index contributed by atoms with van der Waals surface area (Å²) in [5, 5.41) is 31.9. The second-order valence-corrected chi connectivity index (χ2v) is 6.16. The van der Waals surface area contributed by atoms with Crippen LogP contribution < -0.4 is 5.32 Å². The molecule has 1 aliphatic rings. The van der Waals surface area contributed by atoms with Gasteiger partial charge in [0.25, 0.3) is 0 Å². The average molecular weight is 360 g/mol. The molecule has 0 spiro atoms. The lowest BCUT2D eigenvalue weighted by atomic mass is 10.0. The molecule has 0 saturated heterocycles. The highest BCUT2D eigenvalue weighted by Gasteiger charge is 2.15. The van der Waals surface area contributed by atoms with Gasteiger partial charge in [-0.05, 0) is 42.3 Å². The van der Waals surface area contributed by atoms with Crippen LogP contribution in [0, 0.1) is 11.3 Å². The lowest BCUT2D eigenvalue weighted by molar-refractivity contribution is 0.311. The smallest absolute Gasteiger partial charge is 0.142 e. The summed E-state index contributed by atoms with van der Waals surface area (Å²) in [5.41, 5.74) is 4.44. The van der Waals surface area contributed by atoms with Crippen molar-refractivity contribution in [1.82, 2.24) is 4.98 Å². The first kappa shape index (κ1) is 18.4. The molecule has 1 aromatic heterocycles. The molecule has 2 aromatic rings. The second-order valence-electron chi connectivity index (χ2n) is 6.16. The highest BCUT2D eigenvalue weighted by atomic mass is 16.3. The summed E-state index contributed by atoms with van der Waals surface area (Å²) in [7, 11) is 0. The number of anilines is 1. The first-order chi connectivity index (χ1) is 13.1. The van der Waals surface area contributed by atoms with E-state index in [-0.39, 0.29) is 12.4 Å². The van der Waals surface area contributed by atoms with Gasteiger partial charge in [0.1, 0.15) is 11.6 Å². The van der Waals surface area contributed by atoms with Crippen molar-refractivity contribution in [2.75, 3.05) is 18.5 Å². The van der Waals surface area contributed by atoms with Gasteiger partial charge in [0.2, 0.25) is 0 Å². The molecule has 0 bridgehead atoms. The molecule has 0 aliphatic carbocycles. The van der Waals surface area contributed by atoms with Crippen LogP contribution >= 0.6 is 0 Å². The van der Waals surface area contributed by atoms with Gasteiger partial charge in [0.05, 0.1) is 23.9 Å². The van der Waals surface area contributed by atoms with E-state index in [2.05, 4.69) is 21.4 Å². The largest absolute Gasteiger partial charge is 0.506 e. The number of nitrogens with one attached hydrogen (secondary N) is 1. The Kier molecular flexibility index (Phi) is 5.64. The number of allylic oxidation sites excluding steroid dienone is 1. The Labute approximate surface area is 157 Å². The minimum Gasteiger partial charge on any atom is -0.506 e. The van der Waals surface area contributed by atoms with Gasteiger partial charge >= 0.3 is 0 Å². The topological polar surface area (TPSA) is 102 Å². The number of rotatable bonds is 5. The van der Waals surface area contributed by atoms with Crippen LogP contribution in [0.4, 0.5) is 5.82 Å². The molecule has 1 aliphatic heterocycles. The van der Waals surface area contributed by atoms with Gasteiger partial charge in [0, 0.05) is 36.5 Å². The fourth-order valence-corrected chi connectivity index (χ4v) is 2.83. The highest BCUT2D eigenvalue weighted by molar-refractivity contribution is 5.67. The standard InChI is InChI=1S/C21H20N4O2/c1-14-21(27)19(13-26)18(8-9-23-14)12-25-20-7-6-17(11-24-20)16-4-2-15(10-22)3-5-16/h2-7,9,11,26-27H,8,12-13H2,1H3,(H,24,25). The molecule has 0 amide bonds. The van der Waals surface area contributed by atoms with Gasteiger partial charge in [-0.15, -0.1) is 0 Å². The molecule has 2 heterocycles. The van der Waals surface area contributed by atoms with Crippen molar-refractivity contribution in [2.24, 2.45) is 4.99 Å². The van der Waals surface area contributed by atoms with Crippen LogP contribution in [-0.4, -0.2) is 34.6 Å². The van der Waals surface area contributed by atoms with E-state index in [1.165, 1.54) is 0 Å². The van der Waals surface area contributed by atoms with Gasteiger partial charge in [0.15, 0.2) is 0 Å². The number of nitriles is 1. The number of benzene rings is 1. The fourth-order valence-electron chi connectivity index (χ4n) is 2.83. The Balaban J connectivity index is 1.72. The Morgan fingerprint density at radius 1 is 1.15 bits per heavy atom. The zero-order chi connectivity index (χ0) is 19.2. The van der Waals surface area contributed by atoms with Crippen LogP contribution in [0.1, 0.15) is 18.9 Å². The third-order valence-corrected chi connectivity index (χ3v) is 4.43. The lowest BCUT2D eigenvalue weighted by Crippen LogP contribution is -2.11. The van der Waals surface area contributed by atoms with Gasteiger partial charge in [-0.1, -0.05) is 12.1 Å². The monoisotopic (exact) mass is 360 g/mol. The maximum atomic E-state index is 10.2. The van der Waals surface area contributed by atoms with Crippen molar-refractivity contribution >= 4 is 12.0 Å². The molecule has 0 unspecified atom stereocenters. The van der Waals surface area contributed by atoms with E-state index in [0.717, 1.165) is 16.7 Å². The van der Waals surface area contributed by atoms with Gasteiger partial charge in [-0.3, -0.25) is 4.99 Å². The predicted octanol–water partition coefficient (Wildman–Crippen LogP) is 3.59. The number of hydrogen-bond acceptors (Lipinski definition) is 6. The van der Waals surface area contributed by atoms with E-state index in [9.17, 15) is 10.2 Å². The zero-order valence-corrected chi connectivity index (χ0v) is 15.0. The molecule has 0 radical (unpaired) electrons. The van der Waals surface area contributed by atoms with Crippen molar-refractivity contribution in [3.63, 3.8) is 0 Å². The quantitative estimate of drug-likeness (QED) is 0.756. The Morgan fingerprint density at radius 3 is 2.52 bits per heavy atom. The molecular formula is C21H20N4O2. The molecule has 6 heteroatoms. The first-order valence-corrected chi connectivity index (χ1v) is 8.57. The number of nitrogens with zero attached hydrogens (tertiary/aromatic N) is 3. The minimum atomic E-state index is -0.241. The van der Waals surface area contributed by atoms with Crippen LogP contribution in [0.3, 0.4) is 0 Å². The van der Waals surface area contributed by atoms with Crippen LogP contribution in [0.15, 0.2) is 70.2 Å². The number of aliphatic hydroxyl groups excluding tert-OH is 2. The van der Waals surface area contributed by atoms with Crippen molar-refractivity contribution in [3.05, 3.63) is 70.8 Å². The van der Waals surface area contributed by atoms with Gasteiger partial charge in [-0.25, -0.2) is 4.98 Å². The Morgan fingerprint density at radius 2 is 1.89 bits per heavy atom. The Bertz CT molecular complexity index is 949. The summed E-state index contributed by atoms with van der Waals surface area (Å²) < 4.78 is 0. The van der Waals surface area contributed by atoms with Crippen molar-refractivity contribution in [2.45, 2.75) is 13.3 Å². The van der Waals surface area contributed by atoms with E-state index >= 15 is 0 Å². The minimum absolute atomic E-state index is 0.0344. The average Bonchev–Trinajstić information content (AvgIpc) is 2.85. The van der Waals surface area contributed by atoms with Crippen LogP contribution in [-0.2, 0) is 0 Å². The summed E-state index contributed by atoms with van der Waals surface area (Å²) in [5.74, 6) is 0.728. The SMILES string of the molecule is CC1=C(O)C(CO)=C(CNc2ccc(-c3ccc(C#N)cc3)cn2)CC=N1. The van der Waals surface area contributed by atoms with Crippen molar-refractivity contribution in [1.29, 1.82) is 5.26 Å². The zero-order valence-electron chi connectivity index (χ0n) is 15.0. The number of hydrogen-bond donors (Lipinski definition) is 3. The summed E-state index contributed by atoms with van der Waals surface area (Å²) in [6.45, 7) is 1.92. The molecule has 136 valence electrons. The summed E-state index contributed by atoms with van der Waals surface area (Å²) in [4.78, 5) is 8.57. The second kappa shape index (κ2) is 8.30. The van der Waals surface area contributed by atoms with Crippen LogP contribution in [0.5, 0.6) is 0 Å². The normalized spacial score (nSPS) is 14.1. The summed E-state index contributed by atoms with van der Waals surface area (Å²) >= 11 is 0. The number of aliphatic hydroxyl groups is 2. The molecule has 0 saturated carbocycles. The predicted molar refractivity (Wildman–Crippen MR) is 105 cm³/mol. The van der Waals surface area contributed by atoms with E-state index in [1.54, 1.807) is 31.5 Å². The molecule has 3 rings (SSSR count). The van der Waals surface area contributed by atoms with E-state index in [4.69, 9.17) is 5.26 Å². The maximum absolute atomic E-state index is 10.2. The molecule has 3 N–H and O–H groups in total. The number of pyridine rings is 1. The molecule has 6 nitrogen and oxygen atoms in total. The molecule has 0 atom stereocenters. The molecule has 27 heavy (non-hydrogen) atoms. The summed E-state index contributed by atoms with van der Waals surface area (Å²) in [6.07, 6.45) is 4.04. The Hall–Kier alpha value is -3.43. The van der Waals surface area contributed by atoms with Crippen molar-refractivity contribution < 1.29 is 10.2 Å². The molecular weight excluding hydrogens is 340 g/mol. The lowest BCUT2D eigenvalue weighted by Gasteiger charge is -2.13. The van der Waals surface area contributed by atoms with Crippen LogP contribution in [0.2, 0.25) is 0 Å². The van der Waals surface area contributed by atoms with Gasteiger partial charge < -0.3 is 15.5 Å². The molecule has 1 aromatic carbocycles. The molecule has 0 fully saturated rings. The van der Waals surface area contributed by atoms with E-state index in [1.807, 2.05) is 24.3 Å². The summed E-state index contributed by atoms with van der Waals surface area (Å²) in [6, 6.07) is 13.3.